The van der Waals surface area contributed by atoms with Crippen molar-refractivity contribution in [3.05, 3.63) is 48.2 Å². The van der Waals surface area contributed by atoms with Crippen LogP contribution in [0.3, 0.4) is 0 Å². The van der Waals surface area contributed by atoms with Crippen molar-refractivity contribution in [1.82, 2.24) is 19.5 Å². The van der Waals surface area contributed by atoms with E-state index in [1.165, 1.54) is 6.20 Å². The fourth-order valence-corrected chi connectivity index (χ4v) is 4.73. The SMILES string of the molecule is Cc1nc(Nc2ccc(NS(=O)(=O)c3cn(C)c(C(C)C)n3)cc2)cc(N2CCOCC2)n1. The largest absolute Gasteiger partial charge is 0.378 e. The lowest BCUT2D eigenvalue weighted by Gasteiger charge is -2.28. The van der Waals surface area contributed by atoms with Crippen LogP contribution in [0, 0.1) is 6.92 Å². The molecule has 0 aliphatic carbocycles. The fraction of sp³-hybridized carbons (Fsp3) is 0.409. The van der Waals surface area contributed by atoms with Crippen LogP contribution in [0.1, 0.15) is 31.4 Å². The number of hydrogen-bond donors (Lipinski definition) is 2. The van der Waals surface area contributed by atoms with E-state index in [1.54, 1.807) is 35.9 Å². The predicted molar refractivity (Wildman–Crippen MR) is 128 cm³/mol. The van der Waals surface area contributed by atoms with Gasteiger partial charge in [-0.2, -0.15) is 8.42 Å². The second kappa shape index (κ2) is 9.36. The molecule has 0 radical (unpaired) electrons. The van der Waals surface area contributed by atoms with Crippen LogP contribution in [-0.4, -0.2) is 54.2 Å². The van der Waals surface area contributed by atoms with E-state index in [9.17, 15) is 8.42 Å². The van der Waals surface area contributed by atoms with Gasteiger partial charge in [-0.05, 0) is 31.2 Å². The van der Waals surface area contributed by atoms with E-state index in [2.05, 4.69) is 29.9 Å². The Bertz CT molecular complexity index is 1220. The minimum Gasteiger partial charge on any atom is -0.378 e. The predicted octanol–water partition coefficient (Wildman–Crippen LogP) is 3.02. The highest BCUT2D eigenvalue weighted by Crippen LogP contribution is 2.23. The molecule has 1 aliphatic rings. The molecule has 33 heavy (non-hydrogen) atoms. The molecule has 10 nitrogen and oxygen atoms in total. The lowest BCUT2D eigenvalue weighted by atomic mass is 10.2. The topological polar surface area (TPSA) is 114 Å². The molecule has 0 amide bonds. The van der Waals surface area contributed by atoms with Crippen molar-refractivity contribution in [2.45, 2.75) is 31.7 Å². The van der Waals surface area contributed by atoms with Gasteiger partial charge in [0.05, 0.1) is 13.2 Å². The van der Waals surface area contributed by atoms with Gasteiger partial charge in [-0.3, -0.25) is 4.72 Å². The molecule has 3 aromatic rings. The quantitative estimate of drug-likeness (QED) is 0.540. The number of morpholine rings is 1. The lowest BCUT2D eigenvalue weighted by Crippen LogP contribution is -2.36. The number of hydrogen-bond acceptors (Lipinski definition) is 8. The minimum absolute atomic E-state index is 0.00278. The van der Waals surface area contributed by atoms with Gasteiger partial charge in [-0.15, -0.1) is 0 Å². The first-order valence-electron chi connectivity index (χ1n) is 10.8. The smallest absolute Gasteiger partial charge is 0.280 e. The Hall–Kier alpha value is -3.18. The molecule has 0 spiro atoms. The van der Waals surface area contributed by atoms with Crippen LogP contribution in [0.15, 0.2) is 41.6 Å². The second-order valence-electron chi connectivity index (χ2n) is 8.27. The number of imidazole rings is 1. The van der Waals surface area contributed by atoms with Gasteiger partial charge in [0, 0.05) is 49.7 Å². The number of nitrogens with zero attached hydrogens (tertiary/aromatic N) is 5. The molecule has 0 atom stereocenters. The number of sulfonamides is 1. The highest BCUT2D eigenvalue weighted by atomic mass is 32.2. The highest BCUT2D eigenvalue weighted by Gasteiger charge is 2.21. The van der Waals surface area contributed by atoms with Crippen molar-refractivity contribution in [2.24, 2.45) is 7.05 Å². The van der Waals surface area contributed by atoms with Gasteiger partial charge in [0.25, 0.3) is 10.0 Å². The molecule has 176 valence electrons. The number of ether oxygens (including phenoxy) is 1. The number of benzene rings is 1. The molecule has 1 aliphatic heterocycles. The van der Waals surface area contributed by atoms with Gasteiger partial charge >= 0.3 is 0 Å². The molecule has 0 bridgehead atoms. The van der Waals surface area contributed by atoms with E-state index in [0.717, 1.165) is 24.6 Å². The summed E-state index contributed by atoms with van der Waals surface area (Å²) in [7, 11) is -1.99. The highest BCUT2D eigenvalue weighted by molar-refractivity contribution is 7.92. The minimum atomic E-state index is -3.78. The van der Waals surface area contributed by atoms with Gasteiger partial charge in [0.2, 0.25) is 0 Å². The van der Waals surface area contributed by atoms with Crippen LogP contribution in [0.25, 0.3) is 0 Å². The van der Waals surface area contributed by atoms with Crippen LogP contribution < -0.4 is 14.9 Å². The first-order chi connectivity index (χ1) is 15.7. The van der Waals surface area contributed by atoms with Crippen molar-refractivity contribution in [2.75, 3.05) is 41.2 Å². The van der Waals surface area contributed by atoms with E-state index in [-0.39, 0.29) is 10.9 Å². The Balaban J connectivity index is 1.46. The Morgan fingerprint density at radius 2 is 1.70 bits per heavy atom. The van der Waals surface area contributed by atoms with Crippen molar-refractivity contribution in [1.29, 1.82) is 0 Å². The molecule has 11 heteroatoms. The van der Waals surface area contributed by atoms with E-state index >= 15 is 0 Å². The van der Waals surface area contributed by atoms with Gasteiger partial charge in [-0.1, -0.05) is 13.8 Å². The maximum absolute atomic E-state index is 12.8. The zero-order valence-electron chi connectivity index (χ0n) is 19.2. The lowest BCUT2D eigenvalue weighted by molar-refractivity contribution is 0.122. The van der Waals surface area contributed by atoms with Crippen LogP contribution in [0.5, 0.6) is 0 Å². The van der Waals surface area contributed by atoms with Gasteiger partial charge in [0.15, 0.2) is 5.03 Å². The summed E-state index contributed by atoms with van der Waals surface area (Å²) in [6, 6.07) is 8.89. The third kappa shape index (κ3) is 5.42. The van der Waals surface area contributed by atoms with Gasteiger partial charge in [-0.25, -0.2) is 15.0 Å². The number of aryl methyl sites for hydroxylation is 2. The molecule has 2 N–H and O–H groups in total. The average molecular weight is 472 g/mol. The third-order valence-corrected chi connectivity index (χ3v) is 6.50. The van der Waals surface area contributed by atoms with Gasteiger partial charge < -0.3 is 19.5 Å². The van der Waals surface area contributed by atoms with E-state index in [4.69, 9.17) is 4.74 Å². The molecule has 3 heterocycles. The van der Waals surface area contributed by atoms with E-state index in [1.807, 2.05) is 26.8 Å². The summed E-state index contributed by atoms with van der Waals surface area (Å²) in [6.45, 7) is 8.75. The maximum atomic E-state index is 12.8. The summed E-state index contributed by atoms with van der Waals surface area (Å²) in [5.74, 6) is 3.04. The number of aromatic nitrogens is 4. The molecule has 0 saturated carbocycles. The van der Waals surface area contributed by atoms with Crippen LogP contribution in [0.4, 0.5) is 23.0 Å². The Kier molecular flexibility index (Phi) is 6.52. The molecular weight excluding hydrogens is 442 g/mol. The first-order valence-corrected chi connectivity index (χ1v) is 12.3. The normalized spacial score (nSPS) is 14.5. The molecule has 0 unspecified atom stereocenters. The number of rotatable bonds is 7. The zero-order chi connectivity index (χ0) is 23.6. The standard InChI is InChI=1S/C22H29N7O3S/c1-15(2)22-26-21(14-28(22)4)33(30,31)27-18-7-5-17(6-8-18)25-19-13-20(24-16(3)23-19)29-9-11-32-12-10-29/h5-8,13-15,27H,9-12H2,1-4H3,(H,23,24,25). The summed E-state index contributed by atoms with van der Waals surface area (Å²) in [4.78, 5) is 15.5. The maximum Gasteiger partial charge on any atom is 0.280 e. The Labute approximate surface area is 194 Å². The van der Waals surface area contributed by atoms with E-state index in [0.29, 0.717) is 36.4 Å². The fourth-order valence-electron chi connectivity index (χ4n) is 3.67. The van der Waals surface area contributed by atoms with Crippen LogP contribution >= 0.6 is 0 Å². The summed E-state index contributed by atoms with van der Waals surface area (Å²) in [6.07, 6.45) is 1.52. The van der Waals surface area contributed by atoms with Crippen molar-refractivity contribution in [3.8, 4) is 0 Å². The number of nitrogens with one attached hydrogen (secondary N) is 2. The average Bonchev–Trinajstić information content (AvgIpc) is 3.18. The monoisotopic (exact) mass is 471 g/mol. The third-order valence-electron chi connectivity index (χ3n) is 5.25. The second-order valence-corrected chi connectivity index (χ2v) is 9.90. The number of anilines is 4. The molecular formula is C22H29N7O3S. The summed E-state index contributed by atoms with van der Waals surface area (Å²) in [5, 5.41) is 3.27. The van der Waals surface area contributed by atoms with Crippen molar-refractivity contribution < 1.29 is 13.2 Å². The summed E-state index contributed by atoms with van der Waals surface area (Å²) >= 11 is 0. The van der Waals surface area contributed by atoms with E-state index < -0.39 is 10.0 Å². The Morgan fingerprint density at radius 3 is 2.33 bits per heavy atom. The Morgan fingerprint density at radius 1 is 1.03 bits per heavy atom. The molecule has 4 rings (SSSR count). The molecule has 2 aromatic heterocycles. The van der Waals surface area contributed by atoms with Crippen molar-refractivity contribution in [3.63, 3.8) is 0 Å². The van der Waals surface area contributed by atoms with Crippen LogP contribution in [0.2, 0.25) is 0 Å². The first kappa shape index (κ1) is 23.0. The molecule has 1 saturated heterocycles. The zero-order valence-corrected chi connectivity index (χ0v) is 20.1. The van der Waals surface area contributed by atoms with Gasteiger partial charge in [0.1, 0.15) is 23.3 Å². The summed E-state index contributed by atoms with van der Waals surface area (Å²) in [5.41, 5.74) is 1.23. The van der Waals surface area contributed by atoms with Crippen molar-refractivity contribution >= 4 is 33.0 Å². The van der Waals surface area contributed by atoms with Crippen LogP contribution in [-0.2, 0) is 21.8 Å². The molecule has 1 fully saturated rings. The molecule has 1 aromatic carbocycles. The summed E-state index contributed by atoms with van der Waals surface area (Å²) < 4.78 is 35.3.